The molecule has 0 radical (unpaired) electrons. The number of halogens is 2. The molecule has 1 aromatic rings. The molecule has 0 aliphatic rings. The Morgan fingerprint density at radius 3 is 2.57 bits per heavy atom. The molecule has 3 N–H and O–H groups in total. The molecule has 0 bridgehead atoms. The summed E-state index contributed by atoms with van der Waals surface area (Å²) in [7, 11) is 0. The summed E-state index contributed by atoms with van der Waals surface area (Å²) in [6, 6.07) is 5.02. The van der Waals surface area contributed by atoms with Gasteiger partial charge in [-0.05, 0) is 35.8 Å². The van der Waals surface area contributed by atoms with Gasteiger partial charge < -0.3 is 5.32 Å². The minimum Gasteiger partial charge on any atom is -0.331 e. The molecule has 4 nitrogen and oxygen atoms in total. The Morgan fingerprint density at radius 2 is 2.00 bits per heavy atom. The lowest BCUT2D eigenvalue weighted by Gasteiger charge is -2.19. The van der Waals surface area contributed by atoms with Gasteiger partial charge in [-0.3, -0.25) is 15.6 Å². The Labute approximate surface area is 139 Å². The number of hydrazine groups is 1. The van der Waals surface area contributed by atoms with Crippen LogP contribution in [0.1, 0.15) is 20.3 Å². The van der Waals surface area contributed by atoms with Crippen LogP contribution in [0, 0.1) is 5.41 Å². The van der Waals surface area contributed by atoms with Crippen LogP contribution < -0.4 is 16.2 Å². The number of hydrogen-bond donors (Lipinski definition) is 3. The average Bonchev–Trinajstić information content (AvgIpc) is 2.40. The van der Waals surface area contributed by atoms with Crippen molar-refractivity contribution in [2.24, 2.45) is 5.41 Å². The molecule has 0 unspecified atom stereocenters. The van der Waals surface area contributed by atoms with Gasteiger partial charge in [0.15, 0.2) is 5.11 Å². The molecule has 0 saturated heterocycles. The Bertz CT molecular complexity index is 561. The van der Waals surface area contributed by atoms with Crippen LogP contribution in [0.5, 0.6) is 0 Å². The zero-order valence-corrected chi connectivity index (χ0v) is 14.1. The van der Waals surface area contributed by atoms with Crippen LogP contribution >= 0.6 is 35.4 Å². The predicted molar refractivity (Wildman–Crippen MR) is 92.6 cm³/mol. The van der Waals surface area contributed by atoms with E-state index in [0.29, 0.717) is 22.2 Å². The van der Waals surface area contributed by atoms with Crippen LogP contribution in [-0.4, -0.2) is 11.0 Å². The van der Waals surface area contributed by atoms with E-state index in [0.717, 1.165) is 0 Å². The summed E-state index contributed by atoms with van der Waals surface area (Å²) in [4.78, 5) is 11.7. The van der Waals surface area contributed by atoms with Crippen LogP contribution in [0.2, 0.25) is 10.0 Å². The van der Waals surface area contributed by atoms with Crippen molar-refractivity contribution in [3.63, 3.8) is 0 Å². The number of benzene rings is 1. The highest BCUT2D eigenvalue weighted by Crippen LogP contribution is 2.25. The fourth-order valence-corrected chi connectivity index (χ4v) is 1.86. The molecule has 114 valence electrons. The third kappa shape index (κ3) is 6.33. The molecule has 0 atom stereocenters. The number of amides is 1. The maximum absolute atomic E-state index is 11.7. The van der Waals surface area contributed by atoms with Gasteiger partial charge in [-0.1, -0.05) is 43.1 Å². The van der Waals surface area contributed by atoms with E-state index in [4.69, 9.17) is 35.4 Å². The summed E-state index contributed by atoms with van der Waals surface area (Å²) in [5.74, 6) is -0.182. The van der Waals surface area contributed by atoms with Gasteiger partial charge in [-0.25, -0.2) is 0 Å². The summed E-state index contributed by atoms with van der Waals surface area (Å²) in [5, 5.41) is 4.01. The van der Waals surface area contributed by atoms with Crippen molar-refractivity contribution in [1.29, 1.82) is 0 Å². The summed E-state index contributed by atoms with van der Waals surface area (Å²) >= 11 is 16.8. The van der Waals surface area contributed by atoms with E-state index in [1.165, 1.54) is 0 Å². The van der Waals surface area contributed by atoms with E-state index in [1.54, 1.807) is 24.3 Å². The third-order valence-electron chi connectivity index (χ3n) is 2.66. The summed E-state index contributed by atoms with van der Waals surface area (Å²) in [5.41, 5.74) is 5.54. The first-order valence-electron chi connectivity index (χ1n) is 6.18. The van der Waals surface area contributed by atoms with E-state index in [1.807, 2.05) is 13.8 Å². The van der Waals surface area contributed by atoms with Crippen molar-refractivity contribution >= 4 is 52.1 Å². The molecular weight excluding hydrogens is 329 g/mol. The van der Waals surface area contributed by atoms with Gasteiger partial charge in [0.25, 0.3) is 0 Å². The fourth-order valence-electron chi connectivity index (χ4n) is 1.39. The Morgan fingerprint density at radius 1 is 1.33 bits per heavy atom. The Hall–Kier alpha value is -1.30. The standard InChI is InChI=1S/C14H17Cl2N3OS/c1-4-14(2,3)8-12(20)18-19-13(21)17-9-5-6-10(15)11(16)7-9/h4-7H,1,8H2,2-3H3,(H,18,20)(H2,17,19,21). The highest BCUT2D eigenvalue weighted by molar-refractivity contribution is 7.80. The first kappa shape index (κ1) is 17.8. The van der Waals surface area contributed by atoms with Crippen molar-refractivity contribution in [3.8, 4) is 0 Å². The predicted octanol–water partition coefficient (Wildman–Crippen LogP) is 3.91. The Balaban J connectivity index is 2.45. The maximum atomic E-state index is 11.7. The van der Waals surface area contributed by atoms with E-state index < -0.39 is 0 Å². The lowest BCUT2D eigenvalue weighted by Crippen LogP contribution is -2.44. The average molecular weight is 346 g/mol. The molecule has 0 heterocycles. The molecule has 0 saturated carbocycles. The maximum Gasteiger partial charge on any atom is 0.239 e. The second-order valence-corrected chi connectivity index (χ2v) is 6.35. The monoisotopic (exact) mass is 345 g/mol. The van der Waals surface area contributed by atoms with Crippen LogP contribution in [0.25, 0.3) is 0 Å². The van der Waals surface area contributed by atoms with Crippen molar-refractivity contribution in [2.75, 3.05) is 5.32 Å². The van der Waals surface area contributed by atoms with Gasteiger partial charge >= 0.3 is 0 Å². The van der Waals surface area contributed by atoms with E-state index >= 15 is 0 Å². The number of nitrogens with one attached hydrogen (secondary N) is 3. The molecular formula is C14H17Cl2N3OS. The van der Waals surface area contributed by atoms with E-state index in [2.05, 4.69) is 22.7 Å². The highest BCUT2D eigenvalue weighted by Gasteiger charge is 2.17. The SMILES string of the molecule is C=CC(C)(C)CC(=O)NNC(=S)Nc1ccc(Cl)c(Cl)c1. The first-order valence-corrected chi connectivity index (χ1v) is 7.34. The van der Waals surface area contributed by atoms with Gasteiger partial charge in [0.2, 0.25) is 5.91 Å². The molecule has 0 aliphatic carbocycles. The first-order chi connectivity index (χ1) is 9.73. The van der Waals surface area contributed by atoms with Gasteiger partial charge in [0.1, 0.15) is 0 Å². The topological polar surface area (TPSA) is 53.2 Å². The lowest BCUT2D eigenvalue weighted by atomic mass is 9.89. The summed E-state index contributed by atoms with van der Waals surface area (Å²) in [6.45, 7) is 7.53. The quantitative estimate of drug-likeness (QED) is 0.440. The smallest absolute Gasteiger partial charge is 0.239 e. The Kier molecular flexibility index (Phi) is 6.45. The number of carbonyl (C=O) groups excluding carboxylic acids is 1. The van der Waals surface area contributed by atoms with Gasteiger partial charge in [0.05, 0.1) is 10.0 Å². The second kappa shape index (κ2) is 7.64. The zero-order valence-electron chi connectivity index (χ0n) is 11.8. The molecule has 1 amide bonds. The van der Waals surface area contributed by atoms with Gasteiger partial charge in [0, 0.05) is 12.1 Å². The van der Waals surface area contributed by atoms with Crippen LogP contribution in [0.15, 0.2) is 30.9 Å². The minimum absolute atomic E-state index is 0.182. The molecule has 0 aliphatic heterocycles. The lowest BCUT2D eigenvalue weighted by molar-refractivity contribution is -0.123. The molecule has 0 spiro atoms. The number of thiocarbonyl (C=S) groups is 1. The zero-order chi connectivity index (χ0) is 16.0. The molecule has 21 heavy (non-hydrogen) atoms. The molecule has 7 heteroatoms. The number of hydrogen-bond acceptors (Lipinski definition) is 2. The summed E-state index contributed by atoms with van der Waals surface area (Å²) < 4.78 is 0. The van der Waals surface area contributed by atoms with Crippen LogP contribution in [0.4, 0.5) is 5.69 Å². The number of carbonyl (C=O) groups is 1. The van der Waals surface area contributed by atoms with Crippen molar-refractivity contribution in [3.05, 3.63) is 40.9 Å². The molecule has 0 fully saturated rings. The highest BCUT2D eigenvalue weighted by atomic mass is 35.5. The number of rotatable bonds is 4. The van der Waals surface area contributed by atoms with Crippen molar-refractivity contribution in [2.45, 2.75) is 20.3 Å². The molecule has 0 aromatic heterocycles. The number of anilines is 1. The van der Waals surface area contributed by atoms with E-state index in [-0.39, 0.29) is 16.4 Å². The fraction of sp³-hybridized carbons (Fsp3) is 0.286. The van der Waals surface area contributed by atoms with Crippen molar-refractivity contribution in [1.82, 2.24) is 10.9 Å². The normalized spacial score (nSPS) is 10.7. The van der Waals surface area contributed by atoms with Gasteiger partial charge in [-0.2, -0.15) is 0 Å². The second-order valence-electron chi connectivity index (χ2n) is 5.13. The molecule has 1 aromatic carbocycles. The minimum atomic E-state index is -0.273. The number of allylic oxidation sites excluding steroid dienone is 1. The molecule has 1 rings (SSSR count). The third-order valence-corrected chi connectivity index (χ3v) is 3.60. The van der Waals surface area contributed by atoms with E-state index in [9.17, 15) is 4.79 Å². The largest absolute Gasteiger partial charge is 0.331 e. The van der Waals surface area contributed by atoms with Gasteiger partial charge in [-0.15, -0.1) is 6.58 Å². The van der Waals surface area contributed by atoms with Crippen molar-refractivity contribution < 1.29 is 4.79 Å². The van der Waals surface area contributed by atoms with Crippen LogP contribution in [0.3, 0.4) is 0 Å². The van der Waals surface area contributed by atoms with Crippen LogP contribution in [-0.2, 0) is 4.79 Å². The summed E-state index contributed by atoms with van der Waals surface area (Å²) in [6.07, 6.45) is 2.04.